The van der Waals surface area contributed by atoms with Gasteiger partial charge in [0.15, 0.2) is 0 Å². The smallest absolute Gasteiger partial charge is 0.121 e. The van der Waals surface area contributed by atoms with E-state index < -0.39 is 0 Å². The lowest BCUT2D eigenvalue weighted by Gasteiger charge is -1.95. The van der Waals surface area contributed by atoms with Gasteiger partial charge in [0.05, 0.1) is 0 Å². The van der Waals surface area contributed by atoms with Crippen molar-refractivity contribution in [1.29, 1.82) is 0 Å². The predicted molar refractivity (Wildman–Crippen MR) is 59.0 cm³/mol. The molecule has 2 heteroatoms. The standard InChI is InChI=1S/C6H13NO.C5H12/c1-2-4-7-5-3-6-8;1-3-5-4-2/h6-7H,2-5H2,1H3;3-5H2,1-2H3. The summed E-state index contributed by atoms with van der Waals surface area (Å²) in [4.78, 5) is 9.73. The van der Waals surface area contributed by atoms with Gasteiger partial charge in [-0.05, 0) is 13.0 Å². The Morgan fingerprint density at radius 2 is 1.62 bits per heavy atom. The lowest BCUT2D eigenvalue weighted by atomic mass is 10.3. The number of nitrogens with one attached hydrogen (secondary N) is 1. The first kappa shape index (κ1) is 15.1. The average Bonchev–Trinajstić information content (AvgIpc) is 2.15. The Morgan fingerprint density at radius 1 is 1.00 bits per heavy atom. The number of carbonyl (C=O) groups is 1. The Balaban J connectivity index is 0. The molecule has 0 aliphatic rings. The van der Waals surface area contributed by atoms with Crippen LogP contribution in [0, 0.1) is 0 Å². The first-order valence-corrected chi connectivity index (χ1v) is 5.47. The van der Waals surface area contributed by atoms with Gasteiger partial charge in [-0.15, -0.1) is 0 Å². The number of hydrogen-bond acceptors (Lipinski definition) is 2. The van der Waals surface area contributed by atoms with Crippen LogP contribution in [-0.4, -0.2) is 19.4 Å². The fourth-order valence-corrected chi connectivity index (χ4v) is 0.816. The van der Waals surface area contributed by atoms with E-state index in [2.05, 4.69) is 26.1 Å². The zero-order chi connectivity index (χ0) is 10.4. The van der Waals surface area contributed by atoms with Crippen molar-refractivity contribution in [3.8, 4) is 0 Å². The Kier molecular flexibility index (Phi) is 20.5. The Bertz CT molecular complexity index is 82.2. The van der Waals surface area contributed by atoms with Crippen LogP contribution in [0.5, 0.6) is 0 Å². The van der Waals surface area contributed by atoms with E-state index in [1.165, 1.54) is 19.3 Å². The second-order valence-electron chi connectivity index (χ2n) is 3.06. The minimum Gasteiger partial charge on any atom is -0.316 e. The van der Waals surface area contributed by atoms with Gasteiger partial charge in [-0.2, -0.15) is 0 Å². The molecule has 0 unspecified atom stereocenters. The van der Waals surface area contributed by atoms with Crippen LogP contribution < -0.4 is 5.32 Å². The van der Waals surface area contributed by atoms with Crippen LogP contribution in [0.25, 0.3) is 0 Å². The molecule has 0 bridgehead atoms. The molecule has 0 radical (unpaired) electrons. The molecule has 0 amide bonds. The Morgan fingerprint density at radius 3 is 1.92 bits per heavy atom. The minimum atomic E-state index is 0.639. The molecule has 0 saturated heterocycles. The van der Waals surface area contributed by atoms with Crippen LogP contribution in [0.1, 0.15) is 52.9 Å². The van der Waals surface area contributed by atoms with E-state index in [9.17, 15) is 4.79 Å². The lowest BCUT2D eigenvalue weighted by molar-refractivity contribution is -0.107. The van der Waals surface area contributed by atoms with E-state index in [1.54, 1.807) is 0 Å². The van der Waals surface area contributed by atoms with E-state index in [4.69, 9.17) is 0 Å². The van der Waals surface area contributed by atoms with E-state index in [1.807, 2.05) is 0 Å². The van der Waals surface area contributed by atoms with Crippen LogP contribution >= 0.6 is 0 Å². The first-order valence-electron chi connectivity index (χ1n) is 5.47. The van der Waals surface area contributed by atoms with Gasteiger partial charge in [0.25, 0.3) is 0 Å². The fourth-order valence-electron chi connectivity index (χ4n) is 0.816. The van der Waals surface area contributed by atoms with Gasteiger partial charge in [0, 0.05) is 13.0 Å². The molecule has 0 aromatic carbocycles. The van der Waals surface area contributed by atoms with Crippen molar-refractivity contribution < 1.29 is 4.79 Å². The monoisotopic (exact) mass is 187 g/mol. The molecule has 13 heavy (non-hydrogen) atoms. The molecule has 0 rings (SSSR count). The zero-order valence-corrected chi connectivity index (χ0v) is 9.44. The molecule has 1 N–H and O–H groups in total. The van der Waals surface area contributed by atoms with Crippen molar-refractivity contribution in [2.45, 2.75) is 52.9 Å². The normalized spacial score (nSPS) is 8.85. The summed E-state index contributed by atoms with van der Waals surface area (Å²) in [6.45, 7) is 8.38. The number of rotatable bonds is 7. The van der Waals surface area contributed by atoms with Crippen LogP contribution in [0.2, 0.25) is 0 Å². The second-order valence-corrected chi connectivity index (χ2v) is 3.06. The Hall–Kier alpha value is -0.370. The quantitative estimate of drug-likeness (QED) is 0.490. The molecule has 0 atom stereocenters. The van der Waals surface area contributed by atoms with Crippen molar-refractivity contribution in [2.24, 2.45) is 0 Å². The second kappa shape index (κ2) is 17.6. The van der Waals surface area contributed by atoms with Gasteiger partial charge >= 0.3 is 0 Å². The molecule has 0 spiro atoms. The van der Waals surface area contributed by atoms with Gasteiger partial charge in [-0.25, -0.2) is 0 Å². The van der Waals surface area contributed by atoms with Crippen molar-refractivity contribution >= 4 is 6.29 Å². The summed E-state index contributed by atoms with van der Waals surface area (Å²) in [6.07, 6.45) is 6.79. The molecule has 2 nitrogen and oxygen atoms in total. The number of unbranched alkanes of at least 4 members (excludes halogenated alkanes) is 2. The van der Waals surface area contributed by atoms with Gasteiger partial charge in [-0.1, -0.05) is 40.0 Å². The summed E-state index contributed by atoms with van der Waals surface area (Å²) in [5.41, 5.74) is 0. The van der Waals surface area contributed by atoms with Gasteiger partial charge in [0.1, 0.15) is 6.29 Å². The van der Waals surface area contributed by atoms with E-state index in [0.29, 0.717) is 6.42 Å². The van der Waals surface area contributed by atoms with E-state index >= 15 is 0 Å². The summed E-state index contributed by atoms with van der Waals surface area (Å²) in [5.74, 6) is 0. The van der Waals surface area contributed by atoms with Crippen molar-refractivity contribution in [2.75, 3.05) is 13.1 Å². The number of aldehydes is 1. The maximum atomic E-state index is 9.73. The van der Waals surface area contributed by atoms with Crippen molar-refractivity contribution in [1.82, 2.24) is 5.32 Å². The van der Waals surface area contributed by atoms with E-state index in [0.717, 1.165) is 25.8 Å². The third-order valence-electron chi connectivity index (χ3n) is 1.57. The van der Waals surface area contributed by atoms with Crippen LogP contribution in [0.3, 0.4) is 0 Å². The molecule has 0 aromatic heterocycles. The predicted octanol–water partition coefficient (Wildman–Crippen LogP) is 2.77. The first-order chi connectivity index (χ1) is 6.33. The van der Waals surface area contributed by atoms with Crippen LogP contribution in [0.4, 0.5) is 0 Å². The molecular weight excluding hydrogens is 162 g/mol. The van der Waals surface area contributed by atoms with Crippen LogP contribution in [0.15, 0.2) is 0 Å². The third kappa shape index (κ3) is 24.5. The minimum absolute atomic E-state index is 0.639. The average molecular weight is 187 g/mol. The van der Waals surface area contributed by atoms with E-state index in [-0.39, 0.29) is 0 Å². The topological polar surface area (TPSA) is 29.1 Å². The summed E-state index contributed by atoms with van der Waals surface area (Å²) < 4.78 is 0. The highest BCUT2D eigenvalue weighted by Gasteiger charge is 1.80. The third-order valence-corrected chi connectivity index (χ3v) is 1.57. The largest absolute Gasteiger partial charge is 0.316 e. The highest BCUT2D eigenvalue weighted by atomic mass is 16.1. The molecule has 0 aliphatic heterocycles. The number of carbonyl (C=O) groups excluding carboxylic acids is 1. The Labute approximate surface area is 83.1 Å². The van der Waals surface area contributed by atoms with Crippen molar-refractivity contribution in [3.63, 3.8) is 0 Å². The molecule has 0 fully saturated rings. The van der Waals surface area contributed by atoms with Gasteiger partial charge < -0.3 is 10.1 Å². The highest BCUT2D eigenvalue weighted by molar-refractivity contribution is 5.49. The summed E-state index contributed by atoms with van der Waals surface area (Å²) in [5, 5.41) is 3.10. The zero-order valence-electron chi connectivity index (χ0n) is 9.44. The molecule has 0 saturated carbocycles. The number of hydrogen-bond donors (Lipinski definition) is 1. The van der Waals surface area contributed by atoms with Crippen molar-refractivity contribution in [3.05, 3.63) is 0 Å². The fraction of sp³-hybridized carbons (Fsp3) is 0.909. The summed E-state index contributed by atoms with van der Waals surface area (Å²) in [7, 11) is 0. The molecule has 0 aromatic rings. The molecule has 0 aliphatic carbocycles. The maximum absolute atomic E-state index is 9.73. The molecular formula is C11H25NO. The molecule has 0 heterocycles. The SMILES string of the molecule is CCCCC.CCCNCCC=O. The lowest BCUT2D eigenvalue weighted by Crippen LogP contribution is -2.15. The van der Waals surface area contributed by atoms with Gasteiger partial charge in [-0.3, -0.25) is 0 Å². The van der Waals surface area contributed by atoms with Crippen LogP contribution in [-0.2, 0) is 4.79 Å². The highest BCUT2D eigenvalue weighted by Crippen LogP contribution is 1.88. The molecule has 80 valence electrons. The summed E-state index contributed by atoms with van der Waals surface area (Å²) >= 11 is 0. The maximum Gasteiger partial charge on any atom is 0.121 e. The summed E-state index contributed by atoms with van der Waals surface area (Å²) in [6, 6.07) is 0. The van der Waals surface area contributed by atoms with Gasteiger partial charge in [0.2, 0.25) is 0 Å².